The molecule has 0 radical (unpaired) electrons. The fraction of sp³-hybridized carbons (Fsp3) is 0.185. The molecule has 0 aliphatic rings. The minimum Gasteiger partial charge on any atom is -0.422 e. The molecule has 8 heteroatoms. The third-order valence-corrected chi connectivity index (χ3v) is 7.40. The molecule has 35 heavy (non-hydrogen) atoms. The summed E-state index contributed by atoms with van der Waals surface area (Å²) in [5, 5.41) is 0.827. The lowest BCUT2D eigenvalue weighted by atomic mass is 9.97. The Labute approximate surface area is 204 Å². The number of ketones is 1. The number of nitrogens with zero attached hydrogens (tertiary/aromatic N) is 1. The quantitative estimate of drug-likeness (QED) is 0.297. The molecule has 0 aliphatic heterocycles. The smallest absolute Gasteiger partial charge is 0.340 e. The molecule has 0 saturated carbocycles. The Bertz CT molecular complexity index is 1590. The predicted octanol–water partition coefficient (Wildman–Crippen LogP) is 4.78. The van der Waals surface area contributed by atoms with Crippen molar-refractivity contribution in [1.29, 1.82) is 0 Å². The van der Waals surface area contributed by atoms with Crippen LogP contribution in [0.1, 0.15) is 34.0 Å². The number of rotatable bonds is 7. The Morgan fingerprint density at radius 3 is 2.31 bits per heavy atom. The molecule has 0 fully saturated rings. The van der Waals surface area contributed by atoms with Crippen molar-refractivity contribution in [1.82, 2.24) is 4.31 Å². The van der Waals surface area contributed by atoms with Crippen molar-refractivity contribution >= 4 is 32.6 Å². The molecule has 4 aromatic rings. The van der Waals surface area contributed by atoms with Crippen LogP contribution in [-0.2, 0) is 16.6 Å². The first-order valence-corrected chi connectivity index (χ1v) is 12.5. The van der Waals surface area contributed by atoms with Gasteiger partial charge >= 0.3 is 15.8 Å². The standard InChI is InChI=1S/C27H26N2O5S/c1-17-24-13-12-22(21-10-8-20(9-11-21)18(2)30)16-26(24)34-27(31)25(17)15-19-6-5-7-23(14-19)28-35(32,33)29(3)4/h5-14,16,28H,15H2,1-4H3. The number of nitrogens with one attached hydrogen (secondary N) is 1. The van der Waals surface area contributed by atoms with E-state index in [9.17, 15) is 18.0 Å². The van der Waals surface area contributed by atoms with Gasteiger partial charge in [0.05, 0.1) is 5.69 Å². The van der Waals surface area contributed by atoms with Crippen LogP contribution in [0.3, 0.4) is 0 Å². The molecule has 0 spiro atoms. The fourth-order valence-electron chi connectivity index (χ4n) is 3.86. The molecule has 180 valence electrons. The lowest BCUT2D eigenvalue weighted by Crippen LogP contribution is -2.28. The molecule has 0 atom stereocenters. The summed E-state index contributed by atoms with van der Waals surface area (Å²) in [7, 11) is -0.740. The van der Waals surface area contributed by atoms with Crippen LogP contribution in [0.4, 0.5) is 5.69 Å². The summed E-state index contributed by atoms with van der Waals surface area (Å²) in [6, 6.07) is 19.9. The Hall–Kier alpha value is -3.75. The third kappa shape index (κ3) is 5.18. The predicted molar refractivity (Wildman–Crippen MR) is 138 cm³/mol. The number of carbonyl (C=O) groups excluding carboxylic acids is 1. The van der Waals surface area contributed by atoms with Gasteiger partial charge in [-0.1, -0.05) is 48.5 Å². The van der Waals surface area contributed by atoms with Gasteiger partial charge in [-0.3, -0.25) is 9.52 Å². The zero-order chi connectivity index (χ0) is 25.3. The molecule has 4 rings (SSSR count). The number of carbonyl (C=O) groups is 1. The van der Waals surface area contributed by atoms with Crippen LogP contribution in [0, 0.1) is 6.92 Å². The highest BCUT2D eigenvalue weighted by Crippen LogP contribution is 2.28. The van der Waals surface area contributed by atoms with Crippen LogP contribution < -0.4 is 10.3 Å². The van der Waals surface area contributed by atoms with E-state index in [0.29, 0.717) is 28.8 Å². The van der Waals surface area contributed by atoms with E-state index in [1.807, 2.05) is 43.3 Å². The van der Waals surface area contributed by atoms with E-state index in [0.717, 1.165) is 31.9 Å². The SMILES string of the molecule is CC(=O)c1ccc(-c2ccc3c(C)c(Cc4cccc(NS(=O)(=O)N(C)C)c4)c(=O)oc3c2)cc1. The summed E-state index contributed by atoms with van der Waals surface area (Å²) >= 11 is 0. The number of fused-ring (bicyclic) bond motifs is 1. The minimum absolute atomic E-state index is 0.00449. The first-order valence-electron chi connectivity index (χ1n) is 11.0. The van der Waals surface area contributed by atoms with Crippen molar-refractivity contribution in [3.63, 3.8) is 0 Å². The Kier molecular flexibility index (Phi) is 6.60. The zero-order valence-corrected chi connectivity index (χ0v) is 20.8. The first kappa shape index (κ1) is 24.4. The molecule has 3 aromatic carbocycles. The maximum absolute atomic E-state index is 12.9. The highest BCUT2D eigenvalue weighted by molar-refractivity contribution is 7.90. The minimum atomic E-state index is -3.63. The number of aryl methyl sites for hydroxylation is 1. The summed E-state index contributed by atoms with van der Waals surface area (Å²) < 4.78 is 33.6. The Morgan fingerprint density at radius 2 is 1.66 bits per heavy atom. The van der Waals surface area contributed by atoms with Gasteiger partial charge < -0.3 is 4.42 Å². The molecular weight excluding hydrogens is 464 g/mol. The topological polar surface area (TPSA) is 96.7 Å². The zero-order valence-electron chi connectivity index (χ0n) is 20.0. The Morgan fingerprint density at radius 1 is 0.971 bits per heavy atom. The Balaban J connectivity index is 1.66. The normalized spacial score (nSPS) is 11.7. The van der Waals surface area contributed by atoms with E-state index in [1.54, 1.807) is 30.3 Å². The number of hydrogen-bond donors (Lipinski definition) is 1. The third-order valence-electron chi connectivity index (χ3n) is 5.95. The lowest BCUT2D eigenvalue weighted by molar-refractivity contribution is 0.101. The average molecular weight is 491 g/mol. The second kappa shape index (κ2) is 9.48. The number of benzene rings is 3. The molecule has 0 amide bonds. The van der Waals surface area contributed by atoms with Crippen molar-refractivity contribution in [3.8, 4) is 11.1 Å². The van der Waals surface area contributed by atoms with E-state index in [-0.39, 0.29) is 5.78 Å². The van der Waals surface area contributed by atoms with E-state index in [4.69, 9.17) is 4.42 Å². The van der Waals surface area contributed by atoms with E-state index >= 15 is 0 Å². The summed E-state index contributed by atoms with van der Waals surface area (Å²) in [5.41, 5.74) is 5.01. The largest absolute Gasteiger partial charge is 0.422 e. The number of hydrogen-bond acceptors (Lipinski definition) is 5. The van der Waals surface area contributed by atoms with Gasteiger partial charge in [-0.2, -0.15) is 12.7 Å². The lowest BCUT2D eigenvalue weighted by Gasteiger charge is -2.14. The highest BCUT2D eigenvalue weighted by atomic mass is 32.2. The molecular formula is C27H26N2O5S. The summed E-state index contributed by atoms with van der Waals surface area (Å²) in [4.78, 5) is 24.4. The molecule has 0 unspecified atom stereocenters. The van der Waals surface area contributed by atoms with Gasteiger partial charge in [0, 0.05) is 37.0 Å². The van der Waals surface area contributed by atoms with Gasteiger partial charge in [0.1, 0.15) is 5.58 Å². The van der Waals surface area contributed by atoms with Gasteiger partial charge in [-0.25, -0.2) is 4.79 Å². The van der Waals surface area contributed by atoms with E-state index in [2.05, 4.69) is 4.72 Å². The molecule has 1 aromatic heterocycles. The molecule has 7 nitrogen and oxygen atoms in total. The highest BCUT2D eigenvalue weighted by Gasteiger charge is 2.16. The van der Waals surface area contributed by atoms with Crippen molar-refractivity contribution < 1.29 is 17.6 Å². The second-order valence-corrected chi connectivity index (χ2v) is 10.5. The van der Waals surface area contributed by atoms with Crippen LogP contribution in [0.25, 0.3) is 22.1 Å². The van der Waals surface area contributed by atoms with Crippen molar-refractivity contribution in [3.05, 3.63) is 99.4 Å². The van der Waals surface area contributed by atoms with Crippen molar-refractivity contribution in [2.75, 3.05) is 18.8 Å². The molecule has 0 bridgehead atoms. The second-order valence-electron chi connectivity index (χ2n) is 8.60. The first-order chi connectivity index (χ1) is 16.5. The van der Waals surface area contributed by atoms with Crippen molar-refractivity contribution in [2.24, 2.45) is 0 Å². The molecule has 0 aliphatic carbocycles. The fourth-order valence-corrected chi connectivity index (χ4v) is 4.47. The van der Waals surface area contributed by atoms with Crippen LogP contribution >= 0.6 is 0 Å². The van der Waals surface area contributed by atoms with Gasteiger partial charge in [0.15, 0.2) is 5.78 Å². The number of anilines is 1. The van der Waals surface area contributed by atoms with Crippen LogP contribution in [0.15, 0.2) is 75.9 Å². The van der Waals surface area contributed by atoms with Crippen LogP contribution in [0.5, 0.6) is 0 Å². The summed E-state index contributed by atoms with van der Waals surface area (Å²) in [6.45, 7) is 3.41. The monoisotopic (exact) mass is 490 g/mol. The van der Waals surface area contributed by atoms with Crippen LogP contribution in [-0.4, -0.2) is 32.6 Å². The molecule has 1 heterocycles. The van der Waals surface area contributed by atoms with E-state index < -0.39 is 15.8 Å². The average Bonchev–Trinajstić information content (AvgIpc) is 2.81. The maximum Gasteiger partial charge on any atom is 0.340 e. The maximum atomic E-state index is 12.9. The van der Waals surface area contributed by atoms with Gasteiger partial charge in [0.2, 0.25) is 0 Å². The van der Waals surface area contributed by atoms with Gasteiger partial charge in [-0.15, -0.1) is 0 Å². The van der Waals surface area contributed by atoms with E-state index in [1.165, 1.54) is 21.0 Å². The van der Waals surface area contributed by atoms with Gasteiger partial charge in [-0.05, 0) is 54.3 Å². The number of Topliss-reactive ketones (excluding diaryl/α,β-unsaturated/α-hetero) is 1. The molecule has 1 N–H and O–H groups in total. The van der Waals surface area contributed by atoms with Gasteiger partial charge in [0.25, 0.3) is 0 Å². The van der Waals surface area contributed by atoms with Crippen molar-refractivity contribution in [2.45, 2.75) is 20.3 Å². The van der Waals surface area contributed by atoms with Crippen LogP contribution in [0.2, 0.25) is 0 Å². The molecule has 0 saturated heterocycles. The summed E-state index contributed by atoms with van der Waals surface area (Å²) in [6.07, 6.45) is 0.301. The summed E-state index contributed by atoms with van der Waals surface area (Å²) in [5.74, 6) is 0.00449.